The van der Waals surface area contributed by atoms with Gasteiger partial charge in [-0.25, -0.2) is 0 Å². The Bertz CT molecular complexity index is 734. The predicted molar refractivity (Wildman–Crippen MR) is 103 cm³/mol. The Morgan fingerprint density at radius 3 is 2.08 bits per heavy atom. The maximum atomic E-state index is 12.2. The summed E-state index contributed by atoms with van der Waals surface area (Å²) in [5, 5.41) is 2.85. The van der Waals surface area contributed by atoms with Gasteiger partial charge in [0.05, 0.1) is 0 Å². The largest absolute Gasteiger partial charge is 0.457 e. The van der Waals surface area contributed by atoms with E-state index < -0.39 is 0 Å². The van der Waals surface area contributed by atoms with E-state index in [0.29, 0.717) is 18.0 Å². The van der Waals surface area contributed by atoms with Crippen molar-refractivity contribution >= 4 is 17.5 Å². The summed E-state index contributed by atoms with van der Waals surface area (Å²) < 4.78 is 5.72. The van der Waals surface area contributed by atoms with Crippen molar-refractivity contribution in [2.75, 3.05) is 11.9 Å². The molecule has 0 saturated carbocycles. The lowest BCUT2D eigenvalue weighted by Crippen LogP contribution is -2.45. The molecule has 2 amide bonds. The third kappa shape index (κ3) is 5.92. The molecule has 2 aromatic rings. The average Bonchev–Trinajstić information content (AvgIpc) is 2.56. The van der Waals surface area contributed by atoms with Crippen LogP contribution in [0.25, 0.3) is 0 Å². The molecule has 0 saturated heterocycles. The van der Waals surface area contributed by atoms with Gasteiger partial charge in [-0.05, 0) is 57.2 Å². The Kier molecular flexibility index (Phi) is 6.39. The molecule has 0 radical (unpaired) electrons. The van der Waals surface area contributed by atoms with Crippen molar-refractivity contribution in [3.8, 4) is 11.5 Å². The Balaban J connectivity index is 1.88. The molecule has 5 nitrogen and oxygen atoms in total. The lowest BCUT2D eigenvalue weighted by atomic mass is 10.1. The van der Waals surface area contributed by atoms with Crippen LogP contribution in [0.1, 0.15) is 34.1 Å². The van der Waals surface area contributed by atoms with Crippen molar-refractivity contribution < 1.29 is 14.3 Å². The Labute approximate surface area is 155 Å². The normalized spacial score (nSPS) is 10.9. The fourth-order valence-corrected chi connectivity index (χ4v) is 2.63. The van der Waals surface area contributed by atoms with Crippen LogP contribution < -0.4 is 10.1 Å². The highest BCUT2D eigenvalue weighted by molar-refractivity contribution is 5.91. The molecule has 5 heteroatoms. The van der Waals surface area contributed by atoms with Crippen molar-refractivity contribution in [3.05, 3.63) is 54.6 Å². The molecular weight excluding hydrogens is 328 g/mol. The Morgan fingerprint density at radius 1 is 0.962 bits per heavy atom. The van der Waals surface area contributed by atoms with E-state index in [0.717, 1.165) is 5.75 Å². The molecule has 0 aliphatic heterocycles. The van der Waals surface area contributed by atoms with Gasteiger partial charge in [-0.15, -0.1) is 0 Å². The maximum Gasteiger partial charge on any atom is 0.226 e. The minimum atomic E-state index is -0.303. The summed E-state index contributed by atoms with van der Waals surface area (Å²) in [6.45, 7) is 7.78. The highest BCUT2D eigenvalue weighted by atomic mass is 16.5. The predicted octanol–water partition coefficient (Wildman–Crippen LogP) is 4.45. The van der Waals surface area contributed by atoms with Crippen molar-refractivity contribution in [1.29, 1.82) is 0 Å². The van der Waals surface area contributed by atoms with Crippen molar-refractivity contribution in [2.45, 2.75) is 39.7 Å². The van der Waals surface area contributed by atoms with Crippen LogP contribution >= 0.6 is 0 Å². The minimum absolute atomic E-state index is 0.0345. The molecule has 2 aromatic carbocycles. The van der Waals surface area contributed by atoms with E-state index >= 15 is 0 Å². The van der Waals surface area contributed by atoms with E-state index in [1.54, 1.807) is 29.2 Å². The average molecular weight is 354 g/mol. The number of hydrogen-bond donors (Lipinski definition) is 1. The van der Waals surface area contributed by atoms with Gasteiger partial charge in [0.1, 0.15) is 11.5 Å². The number of rotatable bonds is 6. The summed E-state index contributed by atoms with van der Waals surface area (Å²) in [4.78, 5) is 25.6. The van der Waals surface area contributed by atoms with Crippen LogP contribution in [0.3, 0.4) is 0 Å². The number of para-hydroxylation sites is 1. The molecule has 2 rings (SSSR count). The first-order valence-corrected chi connectivity index (χ1v) is 8.67. The highest BCUT2D eigenvalue weighted by Gasteiger charge is 2.24. The third-order valence-electron chi connectivity index (χ3n) is 3.87. The molecule has 0 unspecified atom stereocenters. The second-order valence-electron chi connectivity index (χ2n) is 7.08. The van der Waals surface area contributed by atoms with Gasteiger partial charge in [0.25, 0.3) is 0 Å². The number of nitrogens with one attached hydrogen (secondary N) is 1. The van der Waals surface area contributed by atoms with Gasteiger partial charge in [0, 0.05) is 31.1 Å². The minimum Gasteiger partial charge on any atom is -0.457 e. The molecule has 1 N–H and O–H groups in total. The van der Waals surface area contributed by atoms with Gasteiger partial charge in [0.2, 0.25) is 11.8 Å². The van der Waals surface area contributed by atoms with E-state index in [1.165, 1.54) is 6.92 Å². The summed E-state index contributed by atoms with van der Waals surface area (Å²) >= 11 is 0. The number of nitrogens with zero attached hydrogens (tertiary/aromatic N) is 1. The van der Waals surface area contributed by atoms with Crippen LogP contribution in [0.5, 0.6) is 11.5 Å². The number of carbonyl (C=O) groups is 2. The molecule has 0 bridgehead atoms. The summed E-state index contributed by atoms with van der Waals surface area (Å²) in [6, 6.07) is 16.7. The number of benzene rings is 2. The number of anilines is 1. The zero-order valence-corrected chi connectivity index (χ0v) is 15.8. The molecule has 0 heterocycles. The van der Waals surface area contributed by atoms with Gasteiger partial charge < -0.3 is 15.0 Å². The highest BCUT2D eigenvalue weighted by Crippen LogP contribution is 2.22. The molecule has 0 atom stereocenters. The van der Waals surface area contributed by atoms with Gasteiger partial charge in [-0.1, -0.05) is 18.2 Å². The van der Waals surface area contributed by atoms with Crippen LogP contribution in [-0.4, -0.2) is 28.8 Å². The van der Waals surface area contributed by atoms with Gasteiger partial charge in [-0.2, -0.15) is 0 Å². The SMILES string of the molecule is CC(=O)N(CCC(=O)Nc1ccc(Oc2ccccc2)cc1)C(C)(C)C. The topological polar surface area (TPSA) is 58.6 Å². The molecule has 0 fully saturated rings. The van der Waals surface area contributed by atoms with Gasteiger partial charge >= 0.3 is 0 Å². The smallest absolute Gasteiger partial charge is 0.226 e. The number of hydrogen-bond acceptors (Lipinski definition) is 3. The quantitative estimate of drug-likeness (QED) is 0.833. The second-order valence-corrected chi connectivity index (χ2v) is 7.08. The van der Waals surface area contributed by atoms with Crippen molar-refractivity contribution in [1.82, 2.24) is 4.90 Å². The van der Waals surface area contributed by atoms with Crippen LogP contribution in [0.15, 0.2) is 54.6 Å². The van der Waals surface area contributed by atoms with Crippen LogP contribution in [0, 0.1) is 0 Å². The molecule has 0 spiro atoms. The number of carbonyl (C=O) groups excluding carboxylic acids is 2. The maximum absolute atomic E-state index is 12.2. The fraction of sp³-hybridized carbons (Fsp3) is 0.333. The molecule has 26 heavy (non-hydrogen) atoms. The summed E-state index contributed by atoms with van der Waals surface area (Å²) in [5.41, 5.74) is 0.392. The first-order chi connectivity index (χ1) is 12.3. The van der Waals surface area contributed by atoms with E-state index in [2.05, 4.69) is 5.32 Å². The lowest BCUT2D eigenvalue weighted by molar-refractivity contribution is -0.134. The van der Waals surface area contributed by atoms with Crippen molar-refractivity contribution in [2.24, 2.45) is 0 Å². The number of amides is 2. The molecular formula is C21H26N2O3. The second kappa shape index (κ2) is 8.52. The van der Waals surface area contributed by atoms with Crippen molar-refractivity contribution in [3.63, 3.8) is 0 Å². The standard InChI is InChI=1S/C21H26N2O3/c1-16(24)23(21(2,3)4)15-14-20(25)22-17-10-12-19(13-11-17)26-18-8-6-5-7-9-18/h5-13H,14-15H2,1-4H3,(H,22,25). The van der Waals surface area contributed by atoms with Crippen LogP contribution in [0.4, 0.5) is 5.69 Å². The number of ether oxygens (including phenoxy) is 1. The van der Waals surface area contributed by atoms with E-state index in [1.807, 2.05) is 51.1 Å². The van der Waals surface area contributed by atoms with E-state index in [4.69, 9.17) is 4.74 Å². The van der Waals surface area contributed by atoms with Gasteiger partial charge in [0.15, 0.2) is 0 Å². The molecule has 138 valence electrons. The summed E-state index contributed by atoms with van der Waals surface area (Å²) in [6.07, 6.45) is 0.249. The van der Waals surface area contributed by atoms with Crippen LogP contribution in [0.2, 0.25) is 0 Å². The lowest BCUT2D eigenvalue weighted by Gasteiger charge is -2.34. The zero-order valence-electron chi connectivity index (χ0n) is 15.8. The van der Waals surface area contributed by atoms with Crippen LogP contribution in [-0.2, 0) is 9.59 Å². The summed E-state index contributed by atoms with van der Waals surface area (Å²) in [7, 11) is 0. The zero-order chi connectivity index (χ0) is 19.2. The first kappa shape index (κ1) is 19.5. The van der Waals surface area contributed by atoms with Gasteiger partial charge in [-0.3, -0.25) is 9.59 Å². The summed E-state index contributed by atoms with van der Waals surface area (Å²) in [5.74, 6) is 1.30. The fourth-order valence-electron chi connectivity index (χ4n) is 2.63. The Hall–Kier alpha value is -2.82. The van der Waals surface area contributed by atoms with E-state index in [-0.39, 0.29) is 23.8 Å². The van der Waals surface area contributed by atoms with E-state index in [9.17, 15) is 9.59 Å². The molecule has 0 aromatic heterocycles. The monoisotopic (exact) mass is 354 g/mol. The molecule has 0 aliphatic carbocycles. The Morgan fingerprint density at radius 2 is 1.54 bits per heavy atom. The third-order valence-corrected chi connectivity index (χ3v) is 3.87. The first-order valence-electron chi connectivity index (χ1n) is 8.67. The molecule has 0 aliphatic rings.